The van der Waals surface area contributed by atoms with E-state index in [2.05, 4.69) is 4.98 Å². The predicted molar refractivity (Wildman–Crippen MR) is 78.3 cm³/mol. The van der Waals surface area contributed by atoms with Gasteiger partial charge < -0.3 is 14.1 Å². The van der Waals surface area contributed by atoms with Crippen molar-refractivity contribution in [3.8, 4) is 11.3 Å². The number of hydrogen-bond donors (Lipinski definition) is 0. The van der Waals surface area contributed by atoms with Crippen LogP contribution in [0.3, 0.4) is 0 Å². The molecule has 1 saturated heterocycles. The molecular weight excluding hydrogens is 292 g/mol. The van der Waals surface area contributed by atoms with Crippen LogP contribution in [0.5, 0.6) is 0 Å². The van der Waals surface area contributed by atoms with Crippen LogP contribution in [0.4, 0.5) is 0 Å². The highest BCUT2D eigenvalue weighted by Crippen LogP contribution is 2.30. The molecule has 3 rings (SSSR count). The Morgan fingerprint density at radius 3 is 3.00 bits per heavy atom. The summed E-state index contributed by atoms with van der Waals surface area (Å²) >= 11 is 6.17. The highest BCUT2D eigenvalue weighted by molar-refractivity contribution is 6.33. The number of carbonyl (C=O) groups excluding carboxylic acids is 1. The zero-order chi connectivity index (χ0) is 14.8. The Hall–Kier alpha value is -1.85. The third kappa shape index (κ3) is 2.66. The molecule has 0 radical (unpaired) electrons. The number of aromatic nitrogens is 1. The van der Waals surface area contributed by atoms with Crippen molar-refractivity contribution in [1.29, 1.82) is 0 Å². The molecule has 5 nitrogen and oxygen atoms in total. The van der Waals surface area contributed by atoms with Crippen LogP contribution in [0.1, 0.15) is 17.4 Å². The van der Waals surface area contributed by atoms with Gasteiger partial charge in [0.2, 0.25) is 0 Å². The van der Waals surface area contributed by atoms with Crippen LogP contribution in [-0.4, -0.2) is 41.6 Å². The number of nitrogens with zero attached hydrogens (tertiary/aromatic N) is 2. The molecule has 2 heterocycles. The first-order valence-electron chi connectivity index (χ1n) is 6.75. The highest BCUT2D eigenvalue weighted by Gasteiger charge is 2.29. The lowest BCUT2D eigenvalue weighted by Crippen LogP contribution is -2.47. The van der Waals surface area contributed by atoms with Gasteiger partial charge in [-0.25, -0.2) is 4.98 Å². The van der Waals surface area contributed by atoms with Gasteiger partial charge in [-0.1, -0.05) is 23.7 Å². The van der Waals surface area contributed by atoms with Gasteiger partial charge in [-0.3, -0.25) is 4.79 Å². The van der Waals surface area contributed by atoms with Gasteiger partial charge >= 0.3 is 0 Å². The molecule has 0 spiro atoms. The van der Waals surface area contributed by atoms with E-state index in [0.29, 0.717) is 36.1 Å². The monoisotopic (exact) mass is 306 g/mol. The van der Waals surface area contributed by atoms with Crippen molar-refractivity contribution in [2.24, 2.45) is 0 Å². The van der Waals surface area contributed by atoms with Crippen molar-refractivity contribution >= 4 is 17.5 Å². The molecule has 1 amide bonds. The fourth-order valence-corrected chi connectivity index (χ4v) is 2.62. The summed E-state index contributed by atoms with van der Waals surface area (Å²) < 4.78 is 10.8. The second-order valence-electron chi connectivity index (χ2n) is 4.93. The Morgan fingerprint density at radius 2 is 2.24 bits per heavy atom. The molecule has 0 saturated carbocycles. The lowest BCUT2D eigenvalue weighted by atomic mass is 10.1. The standard InChI is InChI=1S/C15H15ClN2O3/c1-10-8-20-7-6-18(10)15(19)13-14(21-9-17-13)11-4-2-3-5-12(11)16/h2-5,9-10H,6-8H2,1H3/t10-/m1/s1. The van der Waals surface area contributed by atoms with E-state index in [1.165, 1.54) is 6.39 Å². The average Bonchev–Trinajstić information content (AvgIpc) is 2.97. The minimum Gasteiger partial charge on any atom is -0.443 e. The third-order valence-electron chi connectivity index (χ3n) is 3.52. The van der Waals surface area contributed by atoms with Gasteiger partial charge in [0.1, 0.15) is 0 Å². The maximum absolute atomic E-state index is 12.7. The Labute approximate surface area is 127 Å². The molecule has 0 bridgehead atoms. The van der Waals surface area contributed by atoms with Gasteiger partial charge in [0.15, 0.2) is 17.8 Å². The van der Waals surface area contributed by atoms with Gasteiger partial charge in [-0.15, -0.1) is 0 Å². The minimum absolute atomic E-state index is 0.0158. The van der Waals surface area contributed by atoms with Crippen LogP contribution in [0.25, 0.3) is 11.3 Å². The van der Waals surface area contributed by atoms with Crippen LogP contribution >= 0.6 is 11.6 Å². The van der Waals surface area contributed by atoms with E-state index in [1.54, 1.807) is 11.0 Å². The number of hydrogen-bond acceptors (Lipinski definition) is 4. The largest absolute Gasteiger partial charge is 0.443 e. The summed E-state index contributed by atoms with van der Waals surface area (Å²) in [6.45, 7) is 3.57. The van der Waals surface area contributed by atoms with Crippen LogP contribution < -0.4 is 0 Å². The summed E-state index contributed by atoms with van der Waals surface area (Å²) in [5.74, 6) is 0.249. The minimum atomic E-state index is -0.158. The number of rotatable bonds is 2. The van der Waals surface area contributed by atoms with Crippen molar-refractivity contribution in [2.45, 2.75) is 13.0 Å². The van der Waals surface area contributed by atoms with Gasteiger partial charge in [0.05, 0.1) is 24.3 Å². The molecule has 0 aliphatic carbocycles. The molecule has 110 valence electrons. The van der Waals surface area contributed by atoms with E-state index in [0.717, 1.165) is 0 Å². The molecular formula is C15H15ClN2O3. The number of morpholine rings is 1. The van der Waals surface area contributed by atoms with Gasteiger partial charge in [0, 0.05) is 12.1 Å². The quantitative estimate of drug-likeness (QED) is 0.856. The molecule has 1 aromatic heterocycles. The Kier molecular flexibility index (Phi) is 3.94. The number of benzene rings is 1. The number of halogens is 1. The second-order valence-corrected chi connectivity index (χ2v) is 5.34. The topological polar surface area (TPSA) is 55.6 Å². The van der Waals surface area contributed by atoms with Crippen molar-refractivity contribution in [3.05, 3.63) is 41.4 Å². The first-order valence-corrected chi connectivity index (χ1v) is 7.13. The summed E-state index contributed by atoms with van der Waals surface area (Å²) in [5, 5.41) is 0.526. The first kappa shape index (κ1) is 14.1. The maximum atomic E-state index is 12.7. The molecule has 6 heteroatoms. The number of amides is 1. The van der Waals surface area contributed by atoms with E-state index in [-0.39, 0.29) is 17.6 Å². The zero-order valence-electron chi connectivity index (χ0n) is 11.6. The van der Waals surface area contributed by atoms with Gasteiger partial charge in [-0.05, 0) is 19.1 Å². The number of carbonyl (C=O) groups is 1. The van der Waals surface area contributed by atoms with Crippen molar-refractivity contribution < 1.29 is 13.9 Å². The normalized spacial score (nSPS) is 18.8. The fourth-order valence-electron chi connectivity index (χ4n) is 2.40. The molecule has 2 aromatic rings. The van der Waals surface area contributed by atoms with Crippen LogP contribution in [0.2, 0.25) is 5.02 Å². The number of ether oxygens (including phenoxy) is 1. The summed E-state index contributed by atoms with van der Waals surface area (Å²) in [6.07, 6.45) is 1.27. The third-order valence-corrected chi connectivity index (χ3v) is 3.85. The predicted octanol–water partition coefficient (Wildman–Crippen LogP) is 2.86. The first-order chi connectivity index (χ1) is 10.2. The molecule has 1 aromatic carbocycles. The lowest BCUT2D eigenvalue weighted by molar-refractivity contribution is 0.00332. The van der Waals surface area contributed by atoms with Crippen LogP contribution in [-0.2, 0) is 4.74 Å². The van der Waals surface area contributed by atoms with Gasteiger partial charge in [0.25, 0.3) is 5.91 Å². The second kappa shape index (κ2) is 5.87. The fraction of sp³-hybridized carbons (Fsp3) is 0.333. The Morgan fingerprint density at radius 1 is 1.43 bits per heavy atom. The van der Waals surface area contributed by atoms with Crippen LogP contribution in [0.15, 0.2) is 35.1 Å². The van der Waals surface area contributed by atoms with Crippen molar-refractivity contribution in [2.75, 3.05) is 19.8 Å². The number of oxazole rings is 1. The lowest BCUT2D eigenvalue weighted by Gasteiger charge is -2.32. The molecule has 1 atom stereocenters. The smallest absolute Gasteiger partial charge is 0.276 e. The van der Waals surface area contributed by atoms with Crippen molar-refractivity contribution in [1.82, 2.24) is 9.88 Å². The molecule has 1 fully saturated rings. The molecule has 0 N–H and O–H groups in total. The van der Waals surface area contributed by atoms with E-state index < -0.39 is 0 Å². The average molecular weight is 307 g/mol. The van der Waals surface area contributed by atoms with E-state index in [1.807, 2.05) is 25.1 Å². The van der Waals surface area contributed by atoms with Crippen LogP contribution in [0, 0.1) is 0 Å². The van der Waals surface area contributed by atoms with E-state index in [9.17, 15) is 4.79 Å². The Bertz CT molecular complexity index is 656. The zero-order valence-corrected chi connectivity index (χ0v) is 12.3. The molecule has 0 unspecified atom stereocenters. The summed E-state index contributed by atoms with van der Waals surface area (Å²) in [6, 6.07) is 7.25. The van der Waals surface area contributed by atoms with Gasteiger partial charge in [-0.2, -0.15) is 0 Å². The summed E-state index contributed by atoms with van der Waals surface area (Å²) in [4.78, 5) is 18.5. The molecule has 21 heavy (non-hydrogen) atoms. The van der Waals surface area contributed by atoms with E-state index >= 15 is 0 Å². The summed E-state index contributed by atoms with van der Waals surface area (Å²) in [7, 11) is 0. The SMILES string of the molecule is C[C@@H]1COCCN1C(=O)c1ncoc1-c1ccccc1Cl. The Balaban J connectivity index is 1.96. The maximum Gasteiger partial charge on any atom is 0.276 e. The molecule has 1 aliphatic heterocycles. The molecule has 1 aliphatic rings. The van der Waals surface area contributed by atoms with Crippen molar-refractivity contribution in [3.63, 3.8) is 0 Å². The van der Waals surface area contributed by atoms with E-state index in [4.69, 9.17) is 20.8 Å². The summed E-state index contributed by atoms with van der Waals surface area (Å²) in [5.41, 5.74) is 0.956. The highest BCUT2D eigenvalue weighted by atomic mass is 35.5.